The zero-order valence-electron chi connectivity index (χ0n) is 14.5. The Bertz CT molecular complexity index is 693. The number of aromatic nitrogens is 1. The highest BCUT2D eigenvalue weighted by atomic mass is 35.5. The molecule has 2 heterocycles. The predicted molar refractivity (Wildman–Crippen MR) is 101 cm³/mol. The van der Waals surface area contributed by atoms with Crippen LogP contribution in [0.15, 0.2) is 30.5 Å². The summed E-state index contributed by atoms with van der Waals surface area (Å²) in [7, 11) is 0. The molecule has 3 rings (SSSR count). The second kappa shape index (κ2) is 7.58. The number of carbonyl (C=O) groups excluding carboxylic acids is 1. The maximum atomic E-state index is 12.7. The van der Waals surface area contributed by atoms with E-state index in [0.29, 0.717) is 11.8 Å². The molecule has 1 aromatic heterocycles. The number of rotatable bonds is 5. The maximum Gasteiger partial charge on any atom is 0.239 e. The lowest BCUT2D eigenvalue weighted by Gasteiger charge is -2.27. The number of likely N-dealkylation sites (tertiary alicyclic amines) is 1. The number of fused-ring (bicyclic) bond motifs is 1. The van der Waals surface area contributed by atoms with Crippen LogP contribution in [0.25, 0.3) is 10.9 Å². The fraction of sp³-hybridized carbons (Fsp3) is 0.526. The Morgan fingerprint density at radius 2 is 2.04 bits per heavy atom. The van der Waals surface area contributed by atoms with E-state index in [-0.39, 0.29) is 18.3 Å². The minimum Gasteiger partial charge on any atom is -0.361 e. The molecule has 1 aliphatic heterocycles. The number of hydrogen-bond acceptors (Lipinski definition) is 2. The molecule has 1 fully saturated rings. The van der Waals surface area contributed by atoms with Gasteiger partial charge in [-0.2, -0.15) is 0 Å². The first-order valence-electron chi connectivity index (χ1n) is 8.68. The molecule has 1 amide bonds. The van der Waals surface area contributed by atoms with Crippen molar-refractivity contribution in [2.45, 2.75) is 45.6 Å². The molecule has 0 unspecified atom stereocenters. The highest BCUT2D eigenvalue weighted by Crippen LogP contribution is 2.37. The minimum atomic E-state index is -0.460. The number of amides is 1. The molecule has 4 nitrogen and oxygen atoms in total. The van der Waals surface area contributed by atoms with Gasteiger partial charge in [0.05, 0.1) is 6.04 Å². The zero-order valence-corrected chi connectivity index (χ0v) is 15.4. The molecular formula is C19H28ClN3O. The maximum absolute atomic E-state index is 12.7. The molecule has 0 aliphatic carbocycles. The number of carbonyl (C=O) groups is 1. The summed E-state index contributed by atoms with van der Waals surface area (Å²) in [5.74, 6) is 0.0963. The number of aromatic amines is 1. The van der Waals surface area contributed by atoms with E-state index >= 15 is 0 Å². The van der Waals surface area contributed by atoms with E-state index in [0.717, 1.165) is 48.8 Å². The Morgan fingerprint density at radius 1 is 1.33 bits per heavy atom. The van der Waals surface area contributed by atoms with Crippen molar-refractivity contribution in [2.24, 2.45) is 11.1 Å². The van der Waals surface area contributed by atoms with Crippen LogP contribution >= 0.6 is 12.4 Å². The van der Waals surface area contributed by atoms with E-state index in [9.17, 15) is 4.79 Å². The van der Waals surface area contributed by atoms with Crippen molar-refractivity contribution in [3.63, 3.8) is 0 Å². The van der Waals surface area contributed by atoms with Gasteiger partial charge in [-0.25, -0.2) is 0 Å². The van der Waals surface area contributed by atoms with Crippen molar-refractivity contribution >= 4 is 29.2 Å². The van der Waals surface area contributed by atoms with E-state index in [1.54, 1.807) is 0 Å². The van der Waals surface area contributed by atoms with Gasteiger partial charge in [-0.05, 0) is 42.7 Å². The molecule has 0 spiro atoms. The highest BCUT2D eigenvalue weighted by molar-refractivity contribution is 5.86. The normalized spacial score (nSPS) is 17.7. The average Bonchev–Trinajstić information content (AvgIpc) is 3.19. The summed E-state index contributed by atoms with van der Waals surface area (Å²) >= 11 is 0. The Hall–Kier alpha value is -1.52. The number of nitrogens with one attached hydrogen (secondary N) is 1. The zero-order chi connectivity index (χ0) is 16.4. The number of nitrogens with zero attached hydrogens (tertiary/aromatic N) is 1. The van der Waals surface area contributed by atoms with Gasteiger partial charge in [-0.1, -0.05) is 32.0 Å². The third-order valence-corrected chi connectivity index (χ3v) is 5.68. The SMILES string of the molecule is CCC1(CC)CCN(C(=O)[C@@H](N)Cc2c[nH]c3ccccc23)C1.Cl. The number of para-hydroxylation sites is 1. The molecule has 0 radical (unpaired) electrons. The van der Waals surface area contributed by atoms with Gasteiger partial charge in [-0.15, -0.1) is 12.4 Å². The van der Waals surface area contributed by atoms with E-state index < -0.39 is 6.04 Å². The number of nitrogens with two attached hydrogens (primary N) is 1. The number of hydrogen-bond donors (Lipinski definition) is 2. The molecule has 132 valence electrons. The largest absolute Gasteiger partial charge is 0.361 e. The van der Waals surface area contributed by atoms with Gasteiger partial charge < -0.3 is 15.6 Å². The molecule has 0 bridgehead atoms. The van der Waals surface area contributed by atoms with Crippen LogP contribution in [0.1, 0.15) is 38.7 Å². The summed E-state index contributed by atoms with van der Waals surface area (Å²) in [6.45, 7) is 6.16. The van der Waals surface area contributed by atoms with Gasteiger partial charge in [0.25, 0.3) is 0 Å². The standard InChI is InChI=1S/C19H27N3O.ClH/c1-3-19(4-2)9-10-22(13-19)18(23)16(20)11-14-12-21-17-8-6-5-7-15(14)17;/h5-8,12,16,21H,3-4,9-11,13,20H2,1-2H3;1H/t16-;/m0./s1. The first-order valence-corrected chi connectivity index (χ1v) is 8.68. The van der Waals surface area contributed by atoms with Crippen molar-refractivity contribution in [3.8, 4) is 0 Å². The fourth-order valence-corrected chi connectivity index (χ4v) is 3.81. The van der Waals surface area contributed by atoms with Crippen molar-refractivity contribution in [3.05, 3.63) is 36.0 Å². The monoisotopic (exact) mass is 349 g/mol. The van der Waals surface area contributed by atoms with Crippen LogP contribution in [-0.2, 0) is 11.2 Å². The van der Waals surface area contributed by atoms with Crippen LogP contribution in [0.4, 0.5) is 0 Å². The Balaban J connectivity index is 0.00000208. The van der Waals surface area contributed by atoms with Gasteiger partial charge in [0.1, 0.15) is 0 Å². The van der Waals surface area contributed by atoms with Crippen LogP contribution in [0, 0.1) is 5.41 Å². The average molecular weight is 350 g/mol. The Morgan fingerprint density at radius 3 is 2.71 bits per heavy atom. The quantitative estimate of drug-likeness (QED) is 0.867. The second-order valence-electron chi connectivity index (χ2n) is 6.89. The van der Waals surface area contributed by atoms with Crippen LogP contribution in [0.2, 0.25) is 0 Å². The molecule has 1 saturated heterocycles. The first kappa shape index (κ1) is 18.8. The summed E-state index contributed by atoms with van der Waals surface area (Å²) in [6, 6.07) is 7.69. The Kier molecular flexibility index (Phi) is 5.94. The van der Waals surface area contributed by atoms with E-state index in [4.69, 9.17) is 5.73 Å². The number of halogens is 1. The highest BCUT2D eigenvalue weighted by Gasteiger charge is 2.38. The summed E-state index contributed by atoms with van der Waals surface area (Å²) < 4.78 is 0. The van der Waals surface area contributed by atoms with Gasteiger partial charge in [0, 0.05) is 30.2 Å². The third kappa shape index (κ3) is 3.45. The van der Waals surface area contributed by atoms with Crippen LogP contribution in [0.3, 0.4) is 0 Å². The van der Waals surface area contributed by atoms with Crippen molar-refractivity contribution < 1.29 is 4.79 Å². The number of H-pyrrole nitrogens is 1. The Labute approximate surface area is 150 Å². The molecule has 5 heteroatoms. The van der Waals surface area contributed by atoms with Gasteiger partial charge in [0.2, 0.25) is 5.91 Å². The number of benzene rings is 1. The molecule has 3 N–H and O–H groups in total. The second-order valence-corrected chi connectivity index (χ2v) is 6.89. The fourth-order valence-electron chi connectivity index (χ4n) is 3.81. The third-order valence-electron chi connectivity index (χ3n) is 5.68. The van der Waals surface area contributed by atoms with Crippen molar-refractivity contribution in [2.75, 3.05) is 13.1 Å². The summed E-state index contributed by atoms with van der Waals surface area (Å²) in [4.78, 5) is 17.9. The van der Waals surface area contributed by atoms with E-state index in [2.05, 4.69) is 24.9 Å². The minimum absolute atomic E-state index is 0. The van der Waals surface area contributed by atoms with Crippen molar-refractivity contribution in [1.82, 2.24) is 9.88 Å². The molecule has 1 aliphatic rings. The van der Waals surface area contributed by atoms with E-state index in [1.807, 2.05) is 29.3 Å². The van der Waals surface area contributed by atoms with Gasteiger partial charge in [-0.3, -0.25) is 4.79 Å². The van der Waals surface area contributed by atoms with Gasteiger partial charge in [0.15, 0.2) is 0 Å². The lowest BCUT2D eigenvalue weighted by atomic mass is 9.82. The summed E-state index contributed by atoms with van der Waals surface area (Å²) in [5, 5.41) is 1.16. The smallest absolute Gasteiger partial charge is 0.239 e. The first-order chi connectivity index (χ1) is 11.1. The molecule has 1 atom stereocenters. The molecule has 1 aromatic carbocycles. The van der Waals surface area contributed by atoms with Gasteiger partial charge >= 0.3 is 0 Å². The lowest BCUT2D eigenvalue weighted by Crippen LogP contribution is -2.44. The predicted octanol–water partition coefficient (Wildman–Crippen LogP) is 3.50. The molecule has 0 saturated carbocycles. The topological polar surface area (TPSA) is 62.1 Å². The summed E-state index contributed by atoms with van der Waals surface area (Å²) in [6.07, 6.45) is 5.93. The lowest BCUT2D eigenvalue weighted by molar-refractivity contribution is -0.131. The van der Waals surface area contributed by atoms with Crippen LogP contribution < -0.4 is 5.73 Å². The molecule has 2 aromatic rings. The van der Waals surface area contributed by atoms with E-state index in [1.165, 1.54) is 0 Å². The molecule has 24 heavy (non-hydrogen) atoms. The van der Waals surface area contributed by atoms with Crippen molar-refractivity contribution in [1.29, 1.82) is 0 Å². The van der Waals surface area contributed by atoms with Crippen LogP contribution in [0.5, 0.6) is 0 Å². The van der Waals surface area contributed by atoms with Crippen LogP contribution in [-0.4, -0.2) is 34.9 Å². The molecular weight excluding hydrogens is 322 g/mol. The summed E-state index contributed by atoms with van der Waals surface area (Å²) in [5.41, 5.74) is 8.77.